The van der Waals surface area contributed by atoms with E-state index in [0.717, 1.165) is 30.8 Å². The summed E-state index contributed by atoms with van der Waals surface area (Å²) in [5, 5.41) is 0. The normalized spacial score (nSPS) is 42.4. The zero-order valence-corrected chi connectivity index (χ0v) is 18.3. The van der Waals surface area contributed by atoms with Gasteiger partial charge in [-0.3, -0.25) is 0 Å². The van der Waals surface area contributed by atoms with Crippen LogP contribution in [0.2, 0.25) is 0 Å². The van der Waals surface area contributed by atoms with Crippen molar-refractivity contribution >= 4 is 17.1 Å². The maximum absolute atomic E-state index is 6.34. The molecule has 1 aromatic carbocycles. The molecule has 0 heterocycles. The summed E-state index contributed by atoms with van der Waals surface area (Å²) in [6.45, 7) is 5.82. The van der Waals surface area contributed by atoms with Crippen molar-refractivity contribution in [2.24, 2.45) is 28.6 Å². The summed E-state index contributed by atoms with van der Waals surface area (Å²) in [5.41, 5.74) is 3.76. The minimum Gasteiger partial charge on any atom is -0.373 e. The third-order valence-corrected chi connectivity index (χ3v) is 9.77. The molecule has 1 nitrogen and oxygen atoms in total. The van der Waals surface area contributed by atoms with Gasteiger partial charge in [0, 0.05) is 5.41 Å². The first-order valence-electron chi connectivity index (χ1n) is 11.4. The Morgan fingerprint density at radius 1 is 1.00 bits per heavy atom. The van der Waals surface area contributed by atoms with Gasteiger partial charge in [-0.1, -0.05) is 68.0 Å². The minimum absolute atomic E-state index is 0.355. The molecule has 150 valence electrons. The maximum atomic E-state index is 6.34. The van der Waals surface area contributed by atoms with Gasteiger partial charge in [-0.25, -0.2) is 0 Å². The van der Waals surface area contributed by atoms with Crippen molar-refractivity contribution in [1.82, 2.24) is 0 Å². The molecule has 3 fully saturated rings. The van der Waals surface area contributed by atoms with Crippen LogP contribution in [-0.4, -0.2) is 11.0 Å². The van der Waals surface area contributed by atoms with Gasteiger partial charge in [0.25, 0.3) is 0 Å². The number of thiocarbonyl (C=S) groups is 1. The molecular weight excluding hydrogens is 360 g/mol. The van der Waals surface area contributed by atoms with Gasteiger partial charge in [0.2, 0.25) is 0 Å². The number of benzene rings is 1. The Kier molecular flexibility index (Phi) is 4.79. The SMILES string of the molecule is C[C@]12CCC(OCc3ccccc3)CC1=CC[C@@H]1[C@@H]2CC[C@]2(C)C(=S)CC[C@@H]12. The van der Waals surface area contributed by atoms with E-state index in [1.54, 1.807) is 5.57 Å². The fourth-order valence-electron chi connectivity index (χ4n) is 7.33. The third kappa shape index (κ3) is 2.94. The maximum Gasteiger partial charge on any atom is 0.0720 e. The van der Waals surface area contributed by atoms with Crippen LogP contribution >= 0.6 is 12.2 Å². The van der Waals surface area contributed by atoms with Crippen LogP contribution in [0.5, 0.6) is 0 Å². The van der Waals surface area contributed by atoms with Gasteiger partial charge in [0.05, 0.1) is 12.7 Å². The van der Waals surface area contributed by atoms with Crippen molar-refractivity contribution in [3.8, 4) is 0 Å². The van der Waals surface area contributed by atoms with Crippen molar-refractivity contribution in [2.75, 3.05) is 0 Å². The Morgan fingerprint density at radius 3 is 2.57 bits per heavy atom. The second-order valence-electron chi connectivity index (χ2n) is 10.3. The first-order valence-corrected chi connectivity index (χ1v) is 11.8. The number of rotatable bonds is 3. The van der Waals surface area contributed by atoms with Crippen LogP contribution in [0.1, 0.15) is 70.8 Å². The molecule has 6 atom stereocenters. The average molecular weight is 395 g/mol. The Labute approximate surface area is 175 Å². The topological polar surface area (TPSA) is 9.23 Å². The molecule has 1 unspecified atom stereocenters. The molecule has 4 aliphatic carbocycles. The lowest BCUT2D eigenvalue weighted by molar-refractivity contribution is -0.0401. The summed E-state index contributed by atoms with van der Waals surface area (Å²) in [6.07, 6.45) is 13.2. The molecule has 0 saturated heterocycles. The summed E-state index contributed by atoms with van der Waals surface area (Å²) in [6, 6.07) is 10.6. The van der Waals surface area contributed by atoms with Gasteiger partial charge >= 0.3 is 0 Å². The van der Waals surface area contributed by atoms with Crippen LogP contribution in [0.3, 0.4) is 0 Å². The molecule has 0 N–H and O–H groups in total. The van der Waals surface area contributed by atoms with E-state index in [9.17, 15) is 0 Å². The molecule has 2 heteroatoms. The lowest BCUT2D eigenvalue weighted by atomic mass is 9.48. The van der Waals surface area contributed by atoms with Crippen LogP contribution < -0.4 is 0 Å². The van der Waals surface area contributed by atoms with Crippen LogP contribution in [0.4, 0.5) is 0 Å². The smallest absolute Gasteiger partial charge is 0.0720 e. The van der Waals surface area contributed by atoms with E-state index in [2.05, 4.69) is 50.3 Å². The van der Waals surface area contributed by atoms with Gasteiger partial charge in [-0.05, 0) is 85.0 Å². The highest BCUT2D eigenvalue weighted by molar-refractivity contribution is 7.80. The summed E-state index contributed by atoms with van der Waals surface area (Å²) in [4.78, 5) is 1.38. The van der Waals surface area contributed by atoms with Gasteiger partial charge in [0.1, 0.15) is 0 Å². The predicted octanol–water partition coefficient (Wildman–Crippen LogP) is 6.90. The van der Waals surface area contributed by atoms with E-state index in [1.807, 2.05) is 0 Å². The number of hydrogen-bond acceptors (Lipinski definition) is 2. The van der Waals surface area contributed by atoms with Crippen LogP contribution in [0.25, 0.3) is 0 Å². The molecule has 0 spiro atoms. The molecule has 0 bridgehead atoms. The van der Waals surface area contributed by atoms with Gasteiger partial charge in [-0.15, -0.1) is 0 Å². The highest BCUT2D eigenvalue weighted by atomic mass is 32.1. The number of allylic oxidation sites excluding steroid dienone is 1. The summed E-state index contributed by atoms with van der Waals surface area (Å²) < 4.78 is 6.34. The first kappa shape index (κ1) is 19.0. The van der Waals surface area contributed by atoms with Crippen molar-refractivity contribution < 1.29 is 4.74 Å². The zero-order valence-electron chi connectivity index (χ0n) is 17.5. The Bertz CT molecular complexity index is 783. The van der Waals surface area contributed by atoms with Crippen LogP contribution in [0.15, 0.2) is 42.0 Å². The highest BCUT2D eigenvalue weighted by Crippen LogP contribution is 2.64. The Hall–Kier alpha value is -0.990. The zero-order chi connectivity index (χ0) is 19.4. The molecule has 0 aliphatic heterocycles. The third-order valence-electron chi connectivity index (χ3n) is 9.10. The molecule has 28 heavy (non-hydrogen) atoms. The van der Waals surface area contributed by atoms with Crippen molar-refractivity contribution in [3.05, 3.63) is 47.5 Å². The standard InChI is InChI=1S/C26H34OS/c1-25-14-12-20(27-17-18-6-4-3-5-7-18)16-19(25)8-9-21-22-10-11-24(28)26(22,2)15-13-23(21)25/h3-8,20-23H,9-17H2,1-2H3/t20?,21-,22-,23-,25-,26-/m0/s1. The largest absolute Gasteiger partial charge is 0.373 e. The van der Waals surface area contributed by atoms with E-state index < -0.39 is 0 Å². The predicted molar refractivity (Wildman–Crippen MR) is 119 cm³/mol. The number of fused-ring (bicyclic) bond motifs is 5. The van der Waals surface area contributed by atoms with Crippen LogP contribution in [-0.2, 0) is 11.3 Å². The summed E-state index contributed by atoms with van der Waals surface area (Å²) in [7, 11) is 0. The monoisotopic (exact) mass is 394 g/mol. The quantitative estimate of drug-likeness (QED) is 0.407. The van der Waals surface area contributed by atoms with E-state index >= 15 is 0 Å². The minimum atomic E-state index is 0.355. The van der Waals surface area contributed by atoms with Crippen molar-refractivity contribution in [3.63, 3.8) is 0 Å². The van der Waals surface area contributed by atoms with Crippen molar-refractivity contribution in [1.29, 1.82) is 0 Å². The molecule has 4 aliphatic rings. The molecular formula is C26H34OS. The van der Waals surface area contributed by atoms with E-state index in [1.165, 1.54) is 55.4 Å². The first-order chi connectivity index (χ1) is 13.5. The summed E-state index contributed by atoms with van der Waals surface area (Å²) in [5.74, 6) is 2.55. The molecule has 3 saturated carbocycles. The lowest BCUT2D eigenvalue weighted by Crippen LogP contribution is -2.50. The van der Waals surface area contributed by atoms with Crippen LogP contribution in [0, 0.1) is 28.6 Å². The van der Waals surface area contributed by atoms with E-state index in [4.69, 9.17) is 17.0 Å². The lowest BCUT2D eigenvalue weighted by Gasteiger charge is -2.57. The number of ether oxygens (including phenoxy) is 1. The van der Waals surface area contributed by atoms with Crippen molar-refractivity contribution in [2.45, 2.75) is 77.9 Å². The number of hydrogen-bond donors (Lipinski definition) is 0. The van der Waals surface area contributed by atoms with Gasteiger partial charge in [0.15, 0.2) is 0 Å². The molecule has 1 aromatic rings. The second kappa shape index (κ2) is 7.06. The Balaban J connectivity index is 1.31. The highest BCUT2D eigenvalue weighted by Gasteiger charge is 2.57. The van der Waals surface area contributed by atoms with Gasteiger partial charge in [-0.2, -0.15) is 0 Å². The molecule has 0 amide bonds. The molecule has 0 radical (unpaired) electrons. The second-order valence-corrected chi connectivity index (χ2v) is 10.8. The fourth-order valence-corrected chi connectivity index (χ4v) is 7.70. The molecule has 0 aromatic heterocycles. The fraction of sp³-hybridized carbons (Fsp3) is 0.654. The van der Waals surface area contributed by atoms with E-state index in [0.29, 0.717) is 16.9 Å². The average Bonchev–Trinajstić information content (AvgIpc) is 3.02. The Morgan fingerprint density at radius 2 is 1.75 bits per heavy atom. The van der Waals surface area contributed by atoms with E-state index in [-0.39, 0.29) is 0 Å². The summed E-state index contributed by atoms with van der Waals surface area (Å²) >= 11 is 5.82. The van der Waals surface area contributed by atoms with Gasteiger partial charge < -0.3 is 4.74 Å². The molecule has 5 rings (SSSR count).